The van der Waals surface area contributed by atoms with Crippen LogP contribution in [0.3, 0.4) is 0 Å². The summed E-state index contributed by atoms with van der Waals surface area (Å²) < 4.78 is 5.52. The molecule has 8 nitrogen and oxygen atoms in total. The number of rotatable bonds is 9. The molecule has 0 unspecified atom stereocenters. The Labute approximate surface area is 165 Å². The second-order valence-corrected chi connectivity index (χ2v) is 7.24. The number of pyridine rings is 1. The van der Waals surface area contributed by atoms with Crippen molar-refractivity contribution in [3.05, 3.63) is 24.5 Å². The van der Waals surface area contributed by atoms with Crippen LogP contribution in [0.5, 0.6) is 5.75 Å². The van der Waals surface area contributed by atoms with Gasteiger partial charge in [-0.2, -0.15) is 0 Å². The standard InChI is InChI=1S/C20H28N4O4/c25-18-5-2-10-23(18)11-3-12-24-15-16(6-7-19(24)26)20(27)22-9-13-28-17-4-1-8-21-14-17/h1,4,8,14,16H,2-3,5-7,9-13,15H2,(H,22,27)/t16-/m1/s1. The van der Waals surface area contributed by atoms with E-state index in [4.69, 9.17) is 4.74 Å². The van der Waals surface area contributed by atoms with E-state index in [1.165, 1.54) is 0 Å². The number of amides is 3. The predicted octanol–water partition coefficient (Wildman–Crippen LogP) is 0.828. The van der Waals surface area contributed by atoms with Gasteiger partial charge in [-0.25, -0.2) is 0 Å². The highest BCUT2D eigenvalue weighted by molar-refractivity contribution is 5.83. The summed E-state index contributed by atoms with van der Waals surface area (Å²) in [4.78, 5) is 43.8. The van der Waals surface area contributed by atoms with Gasteiger partial charge < -0.3 is 19.9 Å². The summed E-state index contributed by atoms with van der Waals surface area (Å²) in [6, 6.07) is 3.61. The summed E-state index contributed by atoms with van der Waals surface area (Å²) in [5.74, 6) is 0.738. The number of ether oxygens (including phenoxy) is 1. The van der Waals surface area contributed by atoms with Crippen LogP contribution in [0.2, 0.25) is 0 Å². The lowest BCUT2D eigenvalue weighted by atomic mass is 9.96. The fourth-order valence-corrected chi connectivity index (χ4v) is 3.66. The van der Waals surface area contributed by atoms with Gasteiger partial charge in [0, 0.05) is 45.2 Å². The summed E-state index contributed by atoms with van der Waals surface area (Å²) in [6.07, 6.45) is 6.59. The Hall–Kier alpha value is -2.64. The zero-order valence-corrected chi connectivity index (χ0v) is 16.1. The summed E-state index contributed by atoms with van der Waals surface area (Å²) >= 11 is 0. The molecule has 0 saturated carbocycles. The van der Waals surface area contributed by atoms with E-state index in [1.54, 1.807) is 23.4 Å². The molecule has 1 N–H and O–H groups in total. The minimum absolute atomic E-state index is 0.0398. The minimum Gasteiger partial charge on any atom is -0.490 e. The van der Waals surface area contributed by atoms with Crippen molar-refractivity contribution in [2.24, 2.45) is 5.92 Å². The van der Waals surface area contributed by atoms with Crippen molar-refractivity contribution in [2.75, 3.05) is 39.3 Å². The van der Waals surface area contributed by atoms with Crippen LogP contribution in [0.15, 0.2) is 24.5 Å². The van der Waals surface area contributed by atoms with Crippen LogP contribution in [0, 0.1) is 5.92 Å². The van der Waals surface area contributed by atoms with E-state index in [9.17, 15) is 14.4 Å². The molecule has 152 valence electrons. The summed E-state index contributed by atoms with van der Waals surface area (Å²) in [5.41, 5.74) is 0. The smallest absolute Gasteiger partial charge is 0.225 e. The normalized spacial score (nSPS) is 19.8. The molecule has 3 amide bonds. The molecular weight excluding hydrogens is 360 g/mol. The highest BCUT2D eigenvalue weighted by atomic mass is 16.5. The molecule has 3 rings (SSSR count). The van der Waals surface area contributed by atoms with Gasteiger partial charge in [0.2, 0.25) is 17.7 Å². The molecule has 2 aliphatic heterocycles. The van der Waals surface area contributed by atoms with Crippen LogP contribution in [0.1, 0.15) is 32.1 Å². The molecular formula is C20H28N4O4. The van der Waals surface area contributed by atoms with Crippen LogP contribution >= 0.6 is 0 Å². The van der Waals surface area contributed by atoms with Gasteiger partial charge in [-0.05, 0) is 31.4 Å². The van der Waals surface area contributed by atoms with Crippen LogP contribution in [0.25, 0.3) is 0 Å². The number of aromatic nitrogens is 1. The van der Waals surface area contributed by atoms with Crippen LogP contribution in [0.4, 0.5) is 0 Å². The van der Waals surface area contributed by atoms with Gasteiger partial charge in [-0.3, -0.25) is 19.4 Å². The van der Waals surface area contributed by atoms with E-state index in [-0.39, 0.29) is 23.6 Å². The zero-order valence-electron chi connectivity index (χ0n) is 16.1. The second kappa shape index (κ2) is 10.1. The number of nitrogens with one attached hydrogen (secondary N) is 1. The first-order valence-corrected chi connectivity index (χ1v) is 9.99. The molecule has 2 saturated heterocycles. The molecule has 0 spiro atoms. The van der Waals surface area contributed by atoms with Gasteiger partial charge in [0.25, 0.3) is 0 Å². The topological polar surface area (TPSA) is 91.8 Å². The van der Waals surface area contributed by atoms with Gasteiger partial charge in [-0.15, -0.1) is 0 Å². The Morgan fingerprint density at radius 2 is 2.04 bits per heavy atom. The first-order chi connectivity index (χ1) is 13.6. The molecule has 2 aliphatic rings. The van der Waals surface area contributed by atoms with Crippen molar-refractivity contribution >= 4 is 17.7 Å². The molecule has 0 aliphatic carbocycles. The Balaban J connectivity index is 1.36. The molecule has 1 aromatic rings. The summed E-state index contributed by atoms with van der Waals surface area (Å²) in [6.45, 7) is 3.33. The van der Waals surface area contributed by atoms with Crippen molar-refractivity contribution in [1.82, 2.24) is 20.1 Å². The Morgan fingerprint density at radius 1 is 1.21 bits per heavy atom. The molecule has 1 aromatic heterocycles. The van der Waals surface area contributed by atoms with Crippen molar-refractivity contribution in [3.63, 3.8) is 0 Å². The first kappa shape index (κ1) is 20.1. The van der Waals surface area contributed by atoms with Gasteiger partial charge in [0.05, 0.1) is 18.7 Å². The SMILES string of the molecule is O=C(NCCOc1cccnc1)[C@@H]1CCC(=O)N(CCCN2CCCC2=O)C1. The third-order valence-corrected chi connectivity index (χ3v) is 5.20. The lowest BCUT2D eigenvalue weighted by Crippen LogP contribution is -2.47. The van der Waals surface area contributed by atoms with E-state index >= 15 is 0 Å². The van der Waals surface area contributed by atoms with Gasteiger partial charge in [-0.1, -0.05) is 0 Å². The summed E-state index contributed by atoms with van der Waals surface area (Å²) in [5, 5.41) is 2.89. The molecule has 8 heteroatoms. The zero-order chi connectivity index (χ0) is 19.8. The quantitative estimate of drug-likeness (QED) is 0.633. The van der Waals surface area contributed by atoms with E-state index < -0.39 is 0 Å². The van der Waals surface area contributed by atoms with Crippen molar-refractivity contribution in [2.45, 2.75) is 32.1 Å². The van der Waals surface area contributed by atoms with Crippen molar-refractivity contribution < 1.29 is 19.1 Å². The molecule has 0 radical (unpaired) electrons. The second-order valence-electron chi connectivity index (χ2n) is 7.24. The van der Waals surface area contributed by atoms with Crippen LogP contribution < -0.4 is 10.1 Å². The van der Waals surface area contributed by atoms with Gasteiger partial charge in [0.15, 0.2) is 0 Å². The fourth-order valence-electron chi connectivity index (χ4n) is 3.66. The van der Waals surface area contributed by atoms with Crippen LogP contribution in [-0.2, 0) is 14.4 Å². The molecule has 28 heavy (non-hydrogen) atoms. The largest absolute Gasteiger partial charge is 0.490 e. The highest BCUT2D eigenvalue weighted by Crippen LogP contribution is 2.18. The average molecular weight is 388 g/mol. The molecule has 0 bridgehead atoms. The Morgan fingerprint density at radius 3 is 2.79 bits per heavy atom. The highest BCUT2D eigenvalue weighted by Gasteiger charge is 2.30. The number of carbonyl (C=O) groups is 3. The van der Waals surface area contributed by atoms with E-state index in [1.807, 2.05) is 11.0 Å². The number of carbonyl (C=O) groups excluding carboxylic acids is 3. The third kappa shape index (κ3) is 5.68. The number of likely N-dealkylation sites (tertiary alicyclic amines) is 2. The lowest BCUT2D eigenvalue weighted by molar-refractivity contribution is -0.138. The van der Waals surface area contributed by atoms with E-state index in [0.717, 1.165) is 19.4 Å². The monoisotopic (exact) mass is 388 g/mol. The Bertz CT molecular complexity index is 682. The van der Waals surface area contributed by atoms with E-state index in [0.29, 0.717) is 57.8 Å². The van der Waals surface area contributed by atoms with Gasteiger partial charge >= 0.3 is 0 Å². The predicted molar refractivity (Wildman–Crippen MR) is 102 cm³/mol. The average Bonchev–Trinajstić information content (AvgIpc) is 3.12. The summed E-state index contributed by atoms with van der Waals surface area (Å²) in [7, 11) is 0. The van der Waals surface area contributed by atoms with Crippen LogP contribution in [-0.4, -0.2) is 71.8 Å². The molecule has 3 heterocycles. The van der Waals surface area contributed by atoms with Crippen molar-refractivity contribution in [3.8, 4) is 5.75 Å². The number of piperidine rings is 1. The maximum Gasteiger partial charge on any atom is 0.225 e. The number of hydrogen-bond donors (Lipinski definition) is 1. The molecule has 1 atom stereocenters. The number of hydrogen-bond acceptors (Lipinski definition) is 5. The van der Waals surface area contributed by atoms with Crippen molar-refractivity contribution in [1.29, 1.82) is 0 Å². The maximum absolute atomic E-state index is 12.4. The molecule has 0 aromatic carbocycles. The van der Waals surface area contributed by atoms with E-state index in [2.05, 4.69) is 10.3 Å². The minimum atomic E-state index is -0.190. The van der Waals surface area contributed by atoms with Gasteiger partial charge in [0.1, 0.15) is 12.4 Å². The third-order valence-electron chi connectivity index (χ3n) is 5.20. The maximum atomic E-state index is 12.4. The Kier molecular flexibility index (Phi) is 7.22. The molecule has 2 fully saturated rings. The lowest BCUT2D eigenvalue weighted by Gasteiger charge is -2.32. The fraction of sp³-hybridized carbons (Fsp3) is 0.600. The number of nitrogens with zero attached hydrogens (tertiary/aromatic N) is 3. The first-order valence-electron chi connectivity index (χ1n) is 9.99.